The average Bonchev–Trinajstić information content (AvgIpc) is 3.17. The maximum atomic E-state index is 2.34. The Morgan fingerprint density at radius 2 is 1.16 bits per heavy atom. The molecule has 1 saturated carbocycles. The lowest BCUT2D eigenvalue weighted by Crippen LogP contribution is -2.20. The van der Waals surface area contributed by atoms with E-state index in [0.29, 0.717) is 5.41 Å². The fraction of sp³-hybridized carbons (Fsp3) is 0.760. The van der Waals surface area contributed by atoms with E-state index >= 15 is 0 Å². The lowest BCUT2D eigenvalue weighted by molar-refractivity contribution is 0.425. The van der Waals surface area contributed by atoms with Crippen LogP contribution >= 0.6 is 0 Å². The van der Waals surface area contributed by atoms with Crippen molar-refractivity contribution >= 4 is 0 Å². The van der Waals surface area contributed by atoms with Gasteiger partial charge in [0.25, 0.3) is 0 Å². The molecule has 1 fully saturated rings. The Morgan fingerprint density at radius 1 is 0.720 bits per heavy atom. The molecule has 1 aliphatic rings. The molecular formula is C25H48. The minimum absolute atomic E-state index is 0.522. The third kappa shape index (κ3) is 10.7. The molecule has 0 bridgehead atoms. The number of aryl methyl sites for hydroxylation is 1. The van der Waals surface area contributed by atoms with Crippen LogP contribution in [0.15, 0.2) is 24.3 Å². The van der Waals surface area contributed by atoms with Gasteiger partial charge in [0.05, 0.1) is 0 Å². The van der Waals surface area contributed by atoms with Crippen LogP contribution < -0.4 is 0 Å². The van der Waals surface area contributed by atoms with E-state index in [-0.39, 0.29) is 0 Å². The summed E-state index contributed by atoms with van der Waals surface area (Å²) in [4.78, 5) is 0. The fourth-order valence-electron chi connectivity index (χ4n) is 3.48. The van der Waals surface area contributed by atoms with E-state index in [1.807, 2.05) is 27.7 Å². The van der Waals surface area contributed by atoms with Crippen LogP contribution in [-0.2, 0) is 5.41 Å². The molecule has 0 heterocycles. The lowest BCUT2D eigenvalue weighted by atomic mass is 9.76. The van der Waals surface area contributed by atoms with E-state index in [0.717, 1.165) is 0 Å². The predicted octanol–water partition coefficient (Wildman–Crippen LogP) is 9.25. The summed E-state index contributed by atoms with van der Waals surface area (Å²) in [7, 11) is 0. The first-order valence-corrected chi connectivity index (χ1v) is 11.3. The predicted molar refractivity (Wildman–Crippen MR) is 119 cm³/mol. The highest BCUT2D eigenvalue weighted by Gasteiger charge is 2.33. The summed E-state index contributed by atoms with van der Waals surface area (Å²) in [5, 5.41) is 0. The molecular weight excluding hydrogens is 300 g/mol. The first-order valence-electron chi connectivity index (χ1n) is 11.3. The van der Waals surface area contributed by atoms with Crippen molar-refractivity contribution in [3.8, 4) is 0 Å². The van der Waals surface area contributed by atoms with Crippen molar-refractivity contribution in [2.45, 2.75) is 125 Å². The van der Waals surface area contributed by atoms with Crippen LogP contribution in [0.3, 0.4) is 0 Å². The van der Waals surface area contributed by atoms with Crippen LogP contribution in [0.4, 0.5) is 0 Å². The number of rotatable bonds is 6. The normalized spacial score (nSPS) is 14.2. The highest BCUT2D eigenvalue weighted by Crippen LogP contribution is 2.43. The molecule has 0 radical (unpaired) electrons. The van der Waals surface area contributed by atoms with Crippen molar-refractivity contribution in [1.29, 1.82) is 0 Å². The second-order valence-electron chi connectivity index (χ2n) is 6.77. The summed E-state index contributed by atoms with van der Waals surface area (Å²) < 4.78 is 0. The Kier molecular flexibility index (Phi) is 19.1. The van der Waals surface area contributed by atoms with E-state index in [9.17, 15) is 0 Å². The molecule has 0 N–H and O–H groups in total. The summed E-state index contributed by atoms with van der Waals surface area (Å²) in [6.45, 7) is 17.0. The minimum Gasteiger partial charge on any atom is -0.0683 e. The van der Waals surface area contributed by atoms with Crippen molar-refractivity contribution in [1.82, 2.24) is 0 Å². The lowest BCUT2D eigenvalue weighted by Gasteiger charge is -2.28. The summed E-state index contributed by atoms with van der Waals surface area (Å²) in [6.07, 6.45) is 13.9. The van der Waals surface area contributed by atoms with Crippen molar-refractivity contribution in [2.24, 2.45) is 0 Å². The molecule has 1 aromatic carbocycles. The van der Waals surface area contributed by atoms with Gasteiger partial charge in [0.1, 0.15) is 0 Å². The summed E-state index contributed by atoms with van der Waals surface area (Å²) in [5.74, 6) is 0. The Hall–Kier alpha value is -0.780. The average molecular weight is 349 g/mol. The number of hydrogen-bond acceptors (Lipinski definition) is 0. The van der Waals surface area contributed by atoms with E-state index in [1.54, 1.807) is 5.56 Å². The molecule has 1 aliphatic carbocycles. The summed E-state index contributed by atoms with van der Waals surface area (Å²) in [5.41, 5.74) is 3.47. The highest BCUT2D eigenvalue weighted by molar-refractivity contribution is 5.29. The standard InChI is InChI=1S/C14H20.C7H16.2C2H6/c1-3-14(10-4-5-11-14)13-8-6-12(2)7-9-13;1-3-5-7-6-4-2;2*1-2/h6-9H,3-5,10-11H2,1-2H3;3-7H2,1-2H3;2*1-2H3. The summed E-state index contributed by atoms with van der Waals surface area (Å²) in [6, 6.07) is 9.18. The Morgan fingerprint density at radius 3 is 1.52 bits per heavy atom. The van der Waals surface area contributed by atoms with Gasteiger partial charge in [-0.1, -0.05) is 123 Å². The van der Waals surface area contributed by atoms with E-state index in [2.05, 4.69) is 52.0 Å². The molecule has 0 amide bonds. The maximum Gasteiger partial charge on any atom is -0.00496 e. The summed E-state index contributed by atoms with van der Waals surface area (Å²) >= 11 is 0. The first kappa shape index (κ1) is 26.4. The Bertz CT molecular complexity index is 350. The van der Waals surface area contributed by atoms with Gasteiger partial charge in [-0.3, -0.25) is 0 Å². The van der Waals surface area contributed by atoms with Gasteiger partial charge in [-0.2, -0.15) is 0 Å². The number of benzene rings is 1. The van der Waals surface area contributed by atoms with E-state index in [1.165, 1.54) is 69.8 Å². The third-order valence-electron chi connectivity index (χ3n) is 5.11. The first-order chi connectivity index (χ1) is 12.2. The smallest absolute Gasteiger partial charge is 0.00496 e. The molecule has 0 atom stereocenters. The number of hydrogen-bond donors (Lipinski definition) is 0. The van der Waals surface area contributed by atoms with Crippen LogP contribution in [0.5, 0.6) is 0 Å². The number of unbranched alkanes of at least 4 members (excludes halogenated alkanes) is 4. The van der Waals surface area contributed by atoms with Gasteiger partial charge < -0.3 is 0 Å². The molecule has 0 aliphatic heterocycles. The highest BCUT2D eigenvalue weighted by atomic mass is 14.4. The van der Waals surface area contributed by atoms with Gasteiger partial charge in [-0.05, 0) is 37.2 Å². The molecule has 2 rings (SSSR count). The third-order valence-corrected chi connectivity index (χ3v) is 5.11. The Labute approximate surface area is 160 Å². The Balaban J connectivity index is 0. The van der Waals surface area contributed by atoms with Gasteiger partial charge in [-0.25, -0.2) is 0 Å². The van der Waals surface area contributed by atoms with Crippen LogP contribution in [0, 0.1) is 6.92 Å². The van der Waals surface area contributed by atoms with Gasteiger partial charge in [0.15, 0.2) is 0 Å². The molecule has 25 heavy (non-hydrogen) atoms. The second-order valence-corrected chi connectivity index (χ2v) is 6.77. The molecule has 0 spiro atoms. The topological polar surface area (TPSA) is 0 Å². The second kappa shape index (κ2) is 18.0. The van der Waals surface area contributed by atoms with Crippen molar-refractivity contribution in [3.63, 3.8) is 0 Å². The fourth-order valence-corrected chi connectivity index (χ4v) is 3.48. The monoisotopic (exact) mass is 348 g/mol. The quantitative estimate of drug-likeness (QED) is 0.449. The maximum absolute atomic E-state index is 2.34. The molecule has 0 heteroatoms. The van der Waals surface area contributed by atoms with Gasteiger partial charge >= 0.3 is 0 Å². The zero-order chi connectivity index (χ0) is 19.6. The molecule has 0 unspecified atom stereocenters. The minimum atomic E-state index is 0.522. The van der Waals surface area contributed by atoms with Gasteiger partial charge in [0, 0.05) is 0 Å². The van der Waals surface area contributed by atoms with Gasteiger partial charge in [0.2, 0.25) is 0 Å². The molecule has 1 aromatic rings. The molecule has 0 saturated heterocycles. The largest absolute Gasteiger partial charge is 0.0683 e. The SMILES string of the molecule is CC.CC.CCC1(c2ccc(C)cc2)CCCC1.CCCCCCC. The van der Waals surface area contributed by atoms with Crippen molar-refractivity contribution < 1.29 is 0 Å². The molecule has 0 aromatic heterocycles. The van der Waals surface area contributed by atoms with Crippen LogP contribution in [0.1, 0.15) is 124 Å². The molecule has 0 nitrogen and oxygen atoms in total. The van der Waals surface area contributed by atoms with Gasteiger partial charge in [-0.15, -0.1) is 0 Å². The van der Waals surface area contributed by atoms with E-state index in [4.69, 9.17) is 0 Å². The van der Waals surface area contributed by atoms with Crippen molar-refractivity contribution in [3.05, 3.63) is 35.4 Å². The zero-order valence-electron chi connectivity index (χ0n) is 18.9. The molecule has 148 valence electrons. The van der Waals surface area contributed by atoms with E-state index < -0.39 is 0 Å². The van der Waals surface area contributed by atoms with Crippen LogP contribution in [0.2, 0.25) is 0 Å². The van der Waals surface area contributed by atoms with Crippen LogP contribution in [-0.4, -0.2) is 0 Å². The van der Waals surface area contributed by atoms with Crippen LogP contribution in [0.25, 0.3) is 0 Å². The van der Waals surface area contributed by atoms with Crippen molar-refractivity contribution in [2.75, 3.05) is 0 Å². The zero-order valence-corrected chi connectivity index (χ0v) is 18.9.